The average molecular weight is 268 g/mol. The molecule has 1 N–H and O–H groups in total. The molecule has 0 saturated carbocycles. The summed E-state index contributed by atoms with van der Waals surface area (Å²) in [4.78, 5) is 2.95. The first-order valence-corrected chi connectivity index (χ1v) is 6.12. The minimum atomic E-state index is -0.571. The van der Waals surface area contributed by atoms with E-state index in [9.17, 15) is 8.78 Å². The lowest BCUT2D eigenvalue weighted by molar-refractivity contribution is 0.561. The largest absolute Gasteiger partial charge is 0.337 e. The summed E-state index contributed by atoms with van der Waals surface area (Å²) in [5.74, 6) is -0.840. The molecule has 1 aromatic heterocycles. The summed E-state index contributed by atoms with van der Waals surface area (Å²) in [6.07, 6.45) is 1.83. The van der Waals surface area contributed by atoms with Gasteiger partial charge in [0.25, 0.3) is 0 Å². The van der Waals surface area contributed by atoms with Crippen LogP contribution in [0.2, 0.25) is 0 Å². The maximum Gasteiger partial charge on any atom is 0.177 e. The topological polar surface area (TPSA) is 20.7 Å². The molecule has 0 atom stereocenters. The molecule has 0 bridgehead atoms. The first-order chi connectivity index (χ1) is 8.49. The molecule has 0 spiro atoms. The lowest BCUT2D eigenvalue weighted by Gasteiger charge is -2.11. The summed E-state index contributed by atoms with van der Waals surface area (Å²) in [5.41, 5.74) is 1.43. The number of halogens is 2. The van der Waals surface area contributed by atoms with Crippen molar-refractivity contribution in [2.75, 3.05) is 0 Å². The van der Waals surface area contributed by atoms with Crippen LogP contribution in [-0.4, -0.2) is 9.55 Å². The van der Waals surface area contributed by atoms with E-state index in [1.54, 1.807) is 0 Å². The zero-order chi connectivity index (χ0) is 13.3. The predicted octanol–water partition coefficient (Wildman–Crippen LogP) is 4.00. The van der Waals surface area contributed by atoms with Gasteiger partial charge in [0, 0.05) is 23.5 Å². The maximum absolute atomic E-state index is 13.6. The van der Waals surface area contributed by atoms with Crippen LogP contribution in [0.1, 0.15) is 31.0 Å². The van der Waals surface area contributed by atoms with Gasteiger partial charge in [0.1, 0.15) is 11.6 Å². The molecule has 1 aromatic carbocycles. The van der Waals surface area contributed by atoms with Crippen LogP contribution in [0.15, 0.2) is 24.4 Å². The van der Waals surface area contributed by atoms with Gasteiger partial charge < -0.3 is 9.55 Å². The van der Waals surface area contributed by atoms with Crippen LogP contribution >= 0.6 is 12.2 Å². The van der Waals surface area contributed by atoms with Crippen molar-refractivity contribution < 1.29 is 8.78 Å². The van der Waals surface area contributed by atoms with Crippen molar-refractivity contribution in [1.29, 1.82) is 0 Å². The van der Waals surface area contributed by atoms with Crippen LogP contribution in [-0.2, 0) is 6.54 Å². The van der Waals surface area contributed by atoms with E-state index < -0.39 is 11.6 Å². The molecule has 0 aliphatic rings. The standard InChI is InChI=1S/C13H14F2N2S/c1-8(2)12-6-16-13(18)17(12)7-9-3-4-10(14)5-11(9)15/h3-6,8H,7H2,1-2H3,(H,16,18). The molecule has 2 nitrogen and oxygen atoms in total. The Morgan fingerprint density at radius 1 is 1.33 bits per heavy atom. The van der Waals surface area contributed by atoms with Crippen LogP contribution < -0.4 is 0 Å². The lowest BCUT2D eigenvalue weighted by atomic mass is 10.1. The van der Waals surface area contributed by atoms with Crippen molar-refractivity contribution in [3.8, 4) is 0 Å². The Labute approximate surface area is 109 Å². The number of aromatic nitrogens is 2. The molecule has 1 heterocycles. The van der Waals surface area contributed by atoms with Gasteiger partial charge in [0.2, 0.25) is 0 Å². The molecule has 2 aromatic rings. The molecule has 0 amide bonds. The Bertz CT molecular complexity index is 614. The van der Waals surface area contributed by atoms with Crippen LogP contribution in [0, 0.1) is 16.4 Å². The first-order valence-electron chi connectivity index (χ1n) is 5.71. The fourth-order valence-corrected chi connectivity index (χ4v) is 2.10. The first kappa shape index (κ1) is 13.0. The molecule has 0 aliphatic heterocycles. The van der Waals surface area contributed by atoms with E-state index in [4.69, 9.17) is 12.2 Å². The van der Waals surface area contributed by atoms with E-state index >= 15 is 0 Å². The maximum atomic E-state index is 13.6. The van der Waals surface area contributed by atoms with Crippen molar-refractivity contribution in [2.24, 2.45) is 0 Å². The summed E-state index contributed by atoms with van der Waals surface area (Å²) in [6.45, 7) is 4.38. The highest BCUT2D eigenvalue weighted by molar-refractivity contribution is 7.71. The van der Waals surface area contributed by atoms with Gasteiger partial charge >= 0.3 is 0 Å². The van der Waals surface area contributed by atoms with E-state index in [-0.39, 0.29) is 5.92 Å². The third-order valence-electron chi connectivity index (χ3n) is 2.84. The number of rotatable bonds is 3. The van der Waals surface area contributed by atoms with E-state index in [2.05, 4.69) is 4.98 Å². The number of nitrogens with zero attached hydrogens (tertiary/aromatic N) is 1. The number of aromatic amines is 1. The van der Waals surface area contributed by atoms with Crippen molar-refractivity contribution in [3.63, 3.8) is 0 Å². The summed E-state index contributed by atoms with van der Waals surface area (Å²) in [7, 11) is 0. The zero-order valence-corrected chi connectivity index (χ0v) is 11.0. The molecular formula is C13H14F2N2S. The minimum absolute atomic E-state index is 0.279. The second kappa shape index (κ2) is 5.02. The zero-order valence-electron chi connectivity index (χ0n) is 10.2. The third-order valence-corrected chi connectivity index (χ3v) is 3.17. The van der Waals surface area contributed by atoms with Gasteiger partial charge in [-0.25, -0.2) is 8.78 Å². The van der Waals surface area contributed by atoms with Crippen LogP contribution in [0.25, 0.3) is 0 Å². The molecule has 2 rings (SSSR count). The molecule has 0 radical (unpaired) electrons. The van der Waals surface area contributed by atoms with Gasteiger partial charge in [-0.2, -0.15) is 0 Å². The second-order valence-electron chi connectivity index (χ2n) is 4.50. The lowest BCUT2D eigenvalue weighted by Crippen LogP contribution is -2.07. The number of hydrogen-bond donors (Lipinski definition) is 1. The van der Waals surface area contributed by atoms with Gasteiger partial charge in [-0.1, -0.05) is 19.9 Å². The Balaban J connectivity index is 2.40. The van der Waals surface area contributed by atoms with E-state index in [0.717, 1.165) is 11.8 Å². The van der Waals surface area contributed by atoms with Crippen molar-refractivity contribution in [2.45, 2.75) is 26.3 Å². The van der Waals surface area contributed by atoms with Gasteiger partial charge in [-0.15, -0.1) is 0 Å². The highest BCUT2D eigenvalue weighted by Gasteiger charge is 2.11. The van der Waals surface area contributed by atoms with E-state index in [1.165, 1.54) is 12.1 Å². The summed E-state index contributed by atoms with van der Waals surface area (Å²) >= 11 is 5.17. The molecule has 96 valence electrons. The van der Waals surface area contributed by atoms with Gasteiger partial charge in [0.15, 0.2) is 4.77 Å². The molecule has 5 heteroatoms. The molecule has 0 aliphatic carbocycles. The normalized spacial score (nSPS) is 11.2. The second-order valence-corrected chi connectivity index (χ2v) is 4.88. The summed E-state index contributed by atoms with van der Waals surface area (Å²) in [6, 6.07) is 3.59. The summed E-state index contributed by atoms with van der Waals surface area (Å²) in [5, 5.41) is 0. The molecule has 0 unspecified atom stereocenters. The fourth-order valence-electron chi connectivity index (χ4n) is 1.87. The monoisotopic (exact) mass is 268 g/mol. The molecule has 18 heavy (non-hydrogen) atoms. The van der Waals surface area contributed by atoms with E-state index in [1.807, 2.05) is 24.6 Å². The highest BCUT2D eigenvalue weighted by Crippen LogP contribution is 2.18. The van der Waals surface area contributed by atoms with Crippen LogP contribution in [0.3, 0.4) is 0 Å². The van der Waals surface area contributed by atoms with Crippen LogP contribution in [0.5, 0.6) is 0 Å². The quantitative estimate of drug-likeness (QED) is 0.835. The molecule has 0 fully saturated rings. The van der Waals surface area contributed by atoms with Crippen molar-refractivity contribution >= 4 is 12.2 Å². The minimum Gasteiger partial charge on any atom is -0.337 e. The Hall–Kier alpha value is -1.49. The number of imidazole rings is 1. The SMILES string of the molecule is CC(C)c1c[nH]c(=S)n1Cc1ccc(F)cc1F. The average Bonchev–Trinajstić information content (AvgIpc) is 2.64. The van der Waals surface area contributed by atoms with Crippen molar-refractivity contribution in [1.82, 2.24) is 9.55 Å². The Morgan fingerprint density at radius 2 is 2.06 bits per heavy atom. The predicted molar refractivity (Wildman–Crippen MR) is 69.2 cm³/mol. The molecule has 0 saturated heterocycles. The molecular weight excluding hydrogens is 254 g/mol. The fraction of sp³-hybridized carbons (Fsp3) is 0.308. The Morgan fingerprint density at radius 3 is 2.67 bits per heavy atom. The van der Waals surface area contributed by atoms with Gasteiger partial charge in [-0.05, 0) is 24.2 Å². The van der Waals surface area contributed by atoms with Crippen LogP contribution in [0.4, 0.5) is 8.78 Å². The smallest absolute Gasteiger partial charge is 0.177 e. The van der Waals surface area contributed by atoms with E-state index in [0.29, 0.717) is 16.9 Å². The third kappa shape index (κ3) is 2.51. The number of hydrogen-bond acceptors (Lipinski definition) is 1. The highest BCUT2D eigenvalue weighted by atomic mass is 32.1. The Kier molecular flexibility index (Phi) is 3.61. The number of nitrogens with one attached hydrogen (secondary N) is 1. The van der Waals surface area contributed by atoms with Gasteiger partial charge in [0.05, 0.1) is 6.54 Å². The number of H-pyrrole nitrogens is 1. The summed E-state index contributed by atoms with van der Waals surface area (Å²) < 4.78 is 28.8. The number of benzene rings is 1. The van der Waals surface area contributed by atoms with Gasteiger partial charge in [-0.3, -0.25) is 0 Å². The van der Waals surface area contributed by atoms with Crippen molar-refractivity contribution in [3.05, 3.63) is 52.1 Å².